The molecule has 4 rings (SSSR count). The molecule has 0 aliphatic carbocycles. The van der Waals surface area contributed by atoms with Gasteiger partial charge in [-0.15, -0.1) is 21.5 Å². The van der Waals surface area contributed by atoms with Crippen molar-refractivity contribution in [3.8, 4) is 0 Å². The van der Waals surface area contributed by atoms with Gasteiger partial charge in [0.2, 0.25) is 11.0 Å². The first-order chi connectivity index (χ1) is 12.4. The Morgan fingerprint density at radius 1 is 1.12 bits per heavy atom. The Labute approximate surface area is 161 Å². The van der Waals surface area contributed by atoms with E-state index >= 15 is 0 Å². The number of hydrogen-bond donors (Lipinski definition) is 0. The van der Waals surface area contributed by atoms with Gasteiger partial charge in [-0.3, -0.25) is 0 Å². The van der Waals surface area contributed by atoms with Gasteiger partial charge in [0.15, 0.2) is 0 Å². The van der Waals surface area contributed by atoms with Gasteiger partial charge >= 0.3 is 5.38 Å². The molecular formula is C17H11ClF2N4S2. The molecule has 0 spiro atoms. The van der Waals surface area contributed by atoms with Crippen molar-refractivity contribution in [1.29, 1.82) is 0 Å². The third kappa shape index (κ3) is 3.32. The lowest BCUT2D eigenvalue weighted by molar-refractivity contribution is 0.0799. The zero-order valence-corrected chi connectivity index (χ0v) is 15.7. The van der Waals surface area contributed by atoms with E-state index in [2.05, 4.69) is 15.3 Å². The number of thioether (sulfide) groups is 1. The standard InChI is InChI=1S/C17H11ClF2N4S2/c1-10-7-8-12(25-10)9-13-14(11-5-3-2-4-6-11)23-24-15(17(18,19)20)21-22-16(24)26-13/h2-9H,1H3. The number of nitrogens with zero attached hydrogens (tertiary/aromatic N) is 4. The Balaban J connectivity index is 1.88. The molecule has 0 N–H and O–H groups in total. The second-order valence-corrected chi connectivity index (χ2v) is 8.29. The van der Waals surface area contributed by atoms with E-state index in [0.29, 0.717) is 5.71 Å². The third-order valence-electron chi connectivity index (χ3n) is 3.58. The predicted molar refractivity (Wildman–Crippen MR) is 101 cm³/mol. The molecule has 0 saturated carbocycles. The van der Waals surface area contributed by atoms with E-state index in [4.69, 9.17) is 11.6 Å². The fourth-order valence-electron chi connectivity index (χ4n) is 2.45. The van der Waals surface area contributed by atoms with Crippen LogP contribution in [0.1, 0.15) is 21.1 Å². The molecule has 132 valence electrons. The van der Waals surface area contributed by atoms with Crippen molar-refractivity contribution < 1.29 is 8.78 Å². The highest BCUT2D eigenvalue weighted by molar-refractivity contribution is 8.04. The summed E-state index contributed by atoms with van der Waals surface area (Å²) in [6.07, 6.45) is 1.98. The number of thiophene rings is 1. The molecule has 0 amide bonds. The minimum atomic E-state index is -3.65. The van der Waals surface area contributed by atoms with Gasteiger partial charge in [0.25, 0.3) is 0 Å². The molecule has 3 aromatic rings. The number of aromatic nitrogens is 3. The summed E-state index contributed by atoms with van der Waals surface area (Å²) in [7, 11) is 0. The van der Waals surface area contributed by atoms with Crippen LogP contribution < -0.4 is 0 Å². The Hall–Kier alpha value is -2.03. The molecule has 4 nitrogen and oxygen atoms in total. The summed E-state index contributed by atoms with van der Waals surface area (Å²) in [6, 6.07) is 13.4. The highest BCUT2D eigenvalue weighted by atomic mass is 35.5. The summed E-state index contributed by atoms with van der Waals surface area (Å²) >= 11 is 8.03. The number of halogens is 3. The van der Waals surface area contributed by atoms with Gasteiger partial charge in [-0.2, -0.15) is 18.6 Å². The smallest absolute Gasteiger partial charge is 0.183 e. The number of hydrogen-bond acceptors (Lipinski definition) is 5. The van der Waals surface area contributed by atoms with Crippen LogP contribution in [0.5, 0.6) is 0 Å². The van der Waals surface area contributed by atoms with Crippen LogP contribution in [0, 0.1) is 6.92 Å². The van der Waals surface area contributed by atoms with Crippen molar-refractivity contribution in [3.63, 3.8) is 0 Å². The van der Waals surface area contributed by atoms with Crippen LogP contribution in [-0.2, 0) is 5.38 Å². The van der Waals surface area contributed by atoms with Gasteiger partial charge < -0.3 is 0 Å². The average Bonchev–Trinajstić information content (AvgIpc) is 3.20. The summed E-state index contributed by atoms with van der Waals surface area (Å²) in [5.74, 6) is -0.693. The lowest BCUT2D eigenvalue weighted by atomic mass is 10.1. The van der Waals surface area contributed by atoms with Crippen molar-refractivity contribution in [1.82, 2.24) is 14.9 Å². The molecule has 1 aliphatic rings. The van der Waals surface area contributed by atoms with Gasteiger partial charge in [0.05, 0.1) is 0 Å². The topological polar surface area (TPSA) is 43.1 Å². The molecule has 1 aliphatic heterocycles. The number of alkyl halides is 3. The fraction of sp³-hybridized carbons (Fsp3) is 0.118. The quantitative estimate of drug-likeness (QED) is 0.550. The maximum atomic E-state index is 13.6. The van der Waals surface area contributed by atoms with Crippen molar-refractivity contribution in [2.45, 2.75) is 17.5 Å². The lowest BCUT2D eigenvalue weighted by Crippen LogP contribution is -2.17. The first kappa shape index (κ1) is 17.4. The maximum absolute atomic E-state index is 13.6. The van der Waals surface area contributed by atoms with Crippen LogP contribution in [0.25, 0.3) is 6.08 Å². The number of benzene rings is 1. The van der Waals surface area contributed by atoms with Gasteiger partial charge in [-0.1, -0.05) is 30.3 Å². The minimum Gasteiger partial charge on any atom is -0.183 e. The zero-order chi connectivity index (χ0) is 18.3. The number of fused-ring (bicyclic) bond motifs is 1. The van der Waals surface area contributed by atoms with E-state index in [0.717, 1.165) is 20.0 Å². The first-order valence-corrected chi connectivity index (χ1v) is 9.56. The summed E-state index contributed by atoms with van der Waals surface area (Å²) in [6.45, 7) is 2.03. The number of rotatable bonds is 3. The van der Waals surface area contributed by atoms with E-state index in [-0.39, 0.29) is 5.16 Å². The average molecular weight is 409 g/mol. The van der Waals surface area contributed by atoms with Crippen molar-refractivity contribution in [3.05, 3.63) is 68.5 Å². The molecule has 0 fully saturated rings. The molecule has 1 aromatic carbocycles. The molecule has 0 saturated heterocycles. The van der Waals surface area contributed by atoms with Crippen LogP contribution in [0.3, 0.4) is 0 Å². The van der Waals surface area contributed by atoms with Crippen LogP contribution in [0.2, 0.25) is 0 Å². The molecule has 9 heteroatoms. The molecule has 0 radical (unpaired) electrons. The minimum absolute atomic E-state index is 0.250. The molecule has 2 aromatic heterocycles. The van der Waals surface area contributed by atoms with Crippen molar-refractivity contribution >= 4 is 46.5 Å². The molecule has 0 atom stereocenters. The van der Waals surface area contributed by atoms with Crippen LogP contribution in [0.15, 0.2) is 57.6 Å². The highest BCUT2D eigenvalue weighted by Gasteiger charge is 2.38. The largest absolute Gasteiger partial charge is 0.383 e. The molecule has 3 heterocycles. The van der Waals surface area contributed by atoms with Crippen LogP contribution >= 0.6 is 34.7 Å². The monoisotopic (exact) mass is 408 g/mol. The number of aryl methyl sites for hydroxylation is 1. The van der Waals surface area contributed by atoms with E-state index < -0.39 is 11.2 Å². The summed E-state index contributed by atoms with van der Waals surface area (Å²) < 4.78 is 28.2. The molecule has 26 heavy (non-hydrogen) atoms. The Morgan fingerprint density at radius 2 is 1.88 bits per heavy atom. The van der Waals surface area contributed by atoms with Gasteiger partial charge in [0, 0.05) is 20.2 Å². The fourth-order valence-corrected chi connectivity index (χ4v) is 4.39. The SMILES string of the molecule is Cc1ccc(C=C2Sc3nnc(C(F)(F)Cl)n3N=C2c2ccccc2)s1. The second kappa shape index (κ2) is 6.61. The van der Waals surface area contributed by atoms with Crippen molar-refractivity contribution in [2.24, 2.45) is 5.10 Å². The Kier molecular flexibility index (Phi) is 4.42. The molecule has 0 unspecified atom stereocenters. The normalized spacial score (nSPS) is 15.8. The maximum Gasteiger partial charge on any atom is 0.383 e. The lowest BCUT2D eigenvalue weighted by Gasteiger charge is -2.17. The zero-order valence-electron chi connectivity index (χ0n) is 13.4. The van der Waals surface area contributed by atoms with Gasteiger partial charge in [-0.05, 0) is 48.5 Å². The van der Waals surface area contributed by atoms with E-state index in [1.54, 1.807) is 11.3 Å². The second-order valence-electron chi connectivity index (χ2n) is 5.49. The predicted octanol–water partition coefficient (Wildman–Crippen LogP) is 5.34. The van der Waals surface area contributed by atoms with Gasteiger partial charge in [0.1, 0.15) is 5.71 Å². The summed E-state index contributed by atoms with van der Waals surface area (Å²) in [4.78, 5) is 3.04. The summed E-state index contributed by atoms with van der Waals surface area (Å²) in [5.41, 5.74) is 1.37. The Morgan fingerprint density at radius 3 is 2.54 bits per heavy atom. The van der Waals surface area contributed by atoms with E-state index in [1.807, 2.05) is 55.5 Å². The first-order valence-electron chi connectivity index (χ1n) is 7.55. The highest BCUT2D eigenvalue weighted by Crippen LogP contribution is 2.39. The van der Waals surface area contributed by atoms with Gasteiger partial charge in [-0.25, -0.2) is 0 Å². The summed E-state index contributed by atoms with van der Waals surface area (Å²) in [5, 5.41) is 8.32. The third-order valence-corrected chi connectivity index (χ3v) is 5.67. The molecule has 0 bridgehead atoms. The van der Waals surface area contributed by atoms with E-state index in [9.17, 15) is 8.78 Å². The van der Waals surface area contributed by atoms with Crippen LogP contribution in [-0.4, -0.2) is 20.6 Å². The van der Waals surface area contributed by atoms with E-state index in [1.165, 1.54) is 16.6 Å². The van der Waals surface area contributed by atoms with Crippen LogP contribution in [0.4, 0.5) is 8.78 Å². The molecular weight excluding hydrogens is 398 g/mol. The Bertz CT molecular complexity index is 1020. The number of allylic oxidation sites excluding steroid dienone is 1. The van der Waals surface area contributed by atoms with Crippen molar-refractivity contribution in [2.75, 3.05) is 0 Å².